The first-order valence-corrected chi connectivity index (χ1v) is 26.5. The predicted molar refractivity (Wildman–Crippen MR) is 304 cm³/mol. The minimum absolute atomic E-state index is 0.0280. The van der Waals surface area contributed by atoms with Crippen LogP contribution in [0.5, 0.6) is 0 Å². The Morgan fingerprint density at radius 3 is 2.00 bits per heavy atom. The SMILES string of the molecule is Cc1cc2c3c(c1)N1c4c(cccc4C4(C)CCCCC14C)B3c1ccc(N(c3ccc(C(C)(C)C)cc3)c3ccc4sc5ccccc5c4c3)cc1N2c1ccc(C(C)(C)C)cc1-c1ccccc1. The molecule has 0 N–H and O–H groups in total. The summed E-state index contributed by atoms with van der Waals surface area (Å²) in [7, 11) is 0. The Morgan fingerprint density at radius 1 is 0.543 bits per heavy atom. The number of hydrogen-bond donors (Lipinski definition) is 0. The second-order valence-corrected chi connectivity index (χ2v) is 24.5. The molecular weight excluding hydrogens is 866 g/mol. The molecule has 13 rings (SSSR count). The number of para-hydroxylation sites is 1. The molecule has 4 aliphatic rings. The molecule has 0 amide bonds. The van der Waals surface area contributed by atoms with Gasteiger partial charge in [-0.15, -0.1) is 11.3 Å². The molecule has 2 atom stereocenters. The molecule has 9 aromatic rings. The van der Waals surface area contributed by atoms with Gasteiger partial charge in [-0.3, -0.25) is 0 Å². The maximum absolute atomic E-state index is 2.85. The normalized spacial score (nSPS) is 19.0. The van der Waals surface area contributed by atoms with Gasteiger partial charge < -0.3 is 14.7 Å². The Bertz CT molecular complexity index is 3590. The lowest BCUT2D eigenvalue weighted by molar-refractivity contribution is 0.195. The van der Waals surface area contributed by atoms with E-state index in [0.29, 0.717) is 0 Å². The second kappa shape index (κ2) is 15.2. The van der Waals surface area contributed by atoms with Gasteiger partial charge >= 0.3 is 0 Å². The van der Waals surface area contributed by atoms with E-state index in [-0.39, 0.29) is 28.5 Å². The highest BCUT2D eigenvalue weighted by Gasteiger charge is 2.61. The maximum Gasteiger partial charge on any atom is 0.252 e. The smallest absolute Gasteiger partial charge is 0.252 e. The van der Waals surface area contributed by atoms with Crippen molar-refractivity contribution in [1.82, 2.24) is 0 Å². The maximum atomic E-state index is 2.85. The summed E-state index contributed by atoms with van der Waals surface area (Å²) in [6.07, 6.45) is 4.92. The Balaban J connectivity index is 1.11. The largest absolute Gasteiger partial charge is 0.335 e. The molecule has 0 saturated heterocycles. The Hall–Kier alpha value is -6.56. The first-order chi connectivity index (χ1) is 33.6. The molecule has 1 saturated carbocycles. The van der Waals surface area contributed by atoms with Crippen LogP contribution in [-0.2, 0) is 16.2 Å². The van der Waals surface area contributed by atoms with Crippen molar-refractivity contribution in [3.05, 3.63) is 186 Å². The highest BCUT2D eigenvalue weighted by atomic mass is 32.1. The average Bonchev–Trinajstić information content (AvgIpc) is 3.82. The van der Waals surface area contributed by atoms with E-state index in [1.807, 2.05) is 11.3 Å². The standard InChI is InChI=1S/C65H62BN3S/c1-41-36-56-60-57(37-41)69-61-51(64(8)34-15-16-35-65(64,69)9)21-17-22-53(61)66(60)52-31-29-47(40-55(52)68(56)54-32-26-44(63(5,6)7)38-49(54)42-18-11-10-12-19-42)67(45-27-24-43(25-28-45)62(2,3)4)46-30-33-59-50(39-46)48-20-13-14-23-58(48)70-59/h10-14,17-33,36-40H,15-16,34-35H2,1-9H3. The van der Waals surface area contributed by atoms with Crippen LogP contribution in [0.4, 0.5) is 45.5 Å². The number of benzene rings is 8. The quantitative estimate of drug-likeness (QED) is 0.159. The summed E-state index contributed by atoms with van der Waals surface area (Å²) in [6.45, 7) is 21.5. The zero-order valence-corrected chi connectivity index (χ0v) is 43.1. The summed E-state index contributed by atoms with van der Waals surface area (Å²) in [5.74, 6) is 0. The van der Waals surface area contributed by atoms with Crippen molar-refractivity contribution in [3.63, 3.8) is 0 Å². The summed E-state index contributed by atoms with van der Waals surface area (Å²) in [5.41, 5.74) is 22.2. The van der Waals surface area contributed by atoms with Gasteiger partial charge in [-0.1, -0.05) is 152 Å². The summed E-state index contributed by atoms with van der Waals surface area (Å²) in [6, 6.07) is 63.5. The van der Waals surface area contributed by atoms with E-state index in [2.05, 4.69) is 241 Å². The van der Waals surface area contributed by atoms with Gasteiger partial charge in [-0.2, -0.15) is 0 Å². The van der Waals surface area contributed by atoms with E-state index >= 15 is 0 Å². The monoisotopic (exact) mass is 927 g/mol. The van der Waals surface area contributed by atoms with Crippen LogP contribution < -0.4 is 31.1 Å². The molecule has 346 valence electrons. The van der Waals surface area contributed by atoms with Crippen LogP contribution in [0.3, 0.4) is 0 Å². The minimum Gasteiger partial charge on any atom is -0.335 e. The highest BCUT2D eigenvalue weighted by molar-refractivity contribution is 7.25. The lowest BCUT2D eigenvalue weighted by Crippen LogP contribution is -2.64. The number of anilines is 8. The second-order valence-electron chi connectivity index (χ2n) is 23.4. The summed E-state index contributed by atoms with van der Waals surface area (Å²) in [4.78, 5) is 8.02. The molecule has 70 heavy (non-hydrogen) atoms. The van der Waals surface area contributed by atoms with Gasteiger partial charge in [0.25, 0.3) is 6.71 Å². The average molecular weight is 928 g/mol. The van der Waals surface area contributed by atoms with Crippen LogP contribution in [0.1, 0.15) is 103 Å². The zero-order chi connectivity index (χ0) is 48.1. The van der Waals surface area contributed by atoms with E-state index in [4.69, 9.17) is 0 Å². The predicted octanol–water partition coefficient (Wildman–Crippen LogP) is 16.4. The Morgan fingerprint density at radius 2 is 1.21 bits per heavy atom. The van der Waals surface area contributed by atoms with Crippen molar-refractivity contribution >= 4 is 100 Å². The molecule has 5 heteroatoms. The van der Waals surface area contributed by atoms with E-state index in [1.165, 1.54) is 124 Å². The topological polar surface area (TPSA) is 9.72 Å². The fraction of sp³-hybridized carbons (Fsp3) is 0.262. The first kappa shape index (κ1) is 43.5. The van der Waals surface area contributed by atoms with Gasteiger partial charge in [0.1, 0.15) is 0 Å². The molecule has 0 spiro atoms. The van der Waals surface area contributed by atoms with Gasteiger partial charge in [0.2, 0.25) is 0 Å². The molecular formula is C65H62BN3S. The van der Waals surface area contributed by atoms with Crippen molar-refractivity contribution in [2.75, 3.05) is 14.7 Å². The van der Waals surface area contributed by atoms with Gasteiger partial charge in [0.15, 0.2) is 0 Å². The zero-order valence-electron chi connectivity index (χ0n) is 42.2. The molecule has 0 bridgehead atoms. The summed E-state index contributed by atoms with van der Waals surface area (Å²) < 4.78 is 2.63. The van der Waals surface area contributed by atoms with Crippen LogP contribution in [0.25, 0.3) is 31.3 Å². The van der Waals surface area contributed by atoms with Crippen LogP contribution in [0.15, 0.2) is 164 Å². The van der Waals surface area contributed by atoms with E-state index in [9.17, 15) is 0 Å². The number of aryl methyl sites for hydroxylation is 1. The fourth-order valence-electron chi connectivity index (χ4n) is 13.3. The number of nitrogens with zero attached hydrogens (tertiary/aromatic N) is 3. The van der Waals surface area contributed by atoms with Crippen LogP contribution >= 0.6 is 11.3 Å². The number of fused-ring (bicyclic) bond motifs is 10. The summed E-state index contributed by atoms with van der Waals surface area (Å²) in [5, 5.41) is 2.60. The number of rotatable bonds is 5. The van der Waals surface area contributed by atoms with E-state index in [0.717, 1.165) is 17.1 Å². The van der Waals surface area contributed by atoms with Gasteiger partial charge in [-0.05, 0) is 155 Å². The van der Waals surface area contributed by atoms with Crippen LogP contribution in [0, 0.1) is 6.92 Å². The lowest BCUT2D eigenvalue weighted by Gasteiger charge is -2.53. The van der Waals surface area contributed by atoms with Crippen molar-refractivity contribution in [2.24, 2.45) is 0 Å². The van der Waals surface area contributed by atoms with Gasteiger partial charge in [0, 0.05) is 71.0 Å². The third-order valence-corrected chi connectivity index (χ3v) is 18.3. The molecule has 1 aromatic heterocycles. The summed E-state index contributed by atoms with van der Waals surface area (Å²) >= 11 is 1.88. The van der Waals surface area contributed by atoms with E-state index < -0.39 is 0 Å². The van der Waals surface area contributed by atoms with Gasteiger partial charge in [0.05, 0.1) is 11.2 Å². The molecule has 1 fully saturated rings. The third-order valence-electron chi connectivity index (χ3n) is 17.1. The van der Waals surface area contributed by atoms with Crippen molar-refractivity contribution in [2.45, 2.75) is 110 Å². The lowest BCUT2D eigenvalue weighted by atomic mass is 9.33. The van der Waals surface area contributed by atoms with Crippen molar-refractivity contribution < 1.29 is 0 Å². The molecule has 1 aliphatic carbocycles. The number of thiophene rings is 1. The van der Waals surface area contributed by atoms with E-state index in [1.54, 1.807) is 0 Å². The first-order valence-electron chi connectivity index (χ1n) is 25.7. The Labute approximate surface area is 419 Å². The minimum atomic E-state index is -0.0351. The molecule has 8 aromatic carbocycles. The molecule has 3 aliphatic heterocycles. The molecule has 0 radical (unpaired) electrons. The molecule has 4 heterocycles. The highest BCUT2D eigenvalue weighted by Crippen LogP contribution is 2.62. The molecule has 3 nitrogen and oxygen atoms in total. The van der Waals surface area contributed by atoms with Crippen LogP contribution in [0.2, 0.25) is 0 Å². The van der Waals surface area contributed by atoms with Crippen molar-refractivity contribution in [1.29, 1.82) is 0 Å². The van der Waals surface area contributed by atoms with Gasteiger partial charge in [-0.25, -0.2) is 0 Å². The number of hydrogen-bond acceptors (Lipinski definition) is 4. The molecule has 2 unspecified atom stereocenters. The van der Waals surface area contributed by atoms with Crippen molar-refractivity contribution in [3.8, 4) is 11.1 Å². The van der Waals surface area contributed by atoms with Crippen LogP contribution in [-0.4, -0.2) is 12.3 Å². The fourth-order valence-corrected chi connectivity index (χ4v) is 14.3. The third kappa shape index (κ3) is 6.26. The Kier molecular flexibility index (Phi) is 9.45.